The summed E-state index contributed by atoms with van der Waals surface area (Å²) in [5, 5.41) is 2.95. The average molecular weight is 585 g/mol. The highest BCUT2D eigenvalue weighted by Gasteiger charge is 2.22. The molecule has 1 aliphatic rings. The van der Waals surface area contributed by atoms with E-state index in [0.29, 0.717) is 25.1 Å². The van der Waals surface area contributed by atoms with E-state index in [9.17, 15) is 14.4 Å². The molecular weight excluding hydrogens is 540 g/mol. The minimum Gasteiger partial charge on any atom is -0.446 e. The lowest BCUT2D eigenvalue weighted by atomic mass is 10.0. The fourth-order valence-electron chi connectivity index (χ4n) is 5.41. The van der Waals surface area contributed by atoms with Crippen LogP contribution in [0.1, 0.15) is 48.9 Å². The molecule has 1 N–H and O–H groups in total. The molecule has 0 saturated carbocycles. The summed E-state index contributed by atoms with van der Waals surface area (Å²) in [6, 6.07) is 26.7. The van der Waals surface area contributed by atoms with Gasteiger partial charge in [0.1, 0.15) is 6.10 Å². The van der Waals surface area contributed by atoms with Crippen LogP contribution in [0, 0.1) is 0 Å². The van der Waals surface area contributed by atoms with Gasteiger partial charge in [-0.15, -0.1) is 0 Å². The summed E-state index contributed by atoms with van der Waals surface area (Å²) in [6.07, 6.45) is 6.42. The molecule has 0 bridgehead atoms. The zero-order chi connectivity index (χ0) is 30.3. The molecule has 3 amide bonds. The number of nitrogens with one attached hydrogen (secondary N) is 1. The van der Waals surface area contributed by atoms with Crippen molar-refractivity contribution in [2.45, 2.75) is 44.6 Å². The van der Waals surface area contributed by atoms with Crippen LogP contribution in [0.15, 0.2) is 84.9 Å². The number of likely N-dealkylation sites (N-methyl/N-ethyl adjacent to an activating group) is 1. The first kappa shape index (κ1) is 31.9. The molecular formula is C35H44N4O4. The molecule has 1 saturated heterocycles. The van der Waals surface area contributed by atoms with Gasteiger partial charge in [0.05, 0.1) is 5.69 Å². The molecule has 0 spiro atoms. The number of ether oxygens (including phenoxy) is 1. The molecule has 228 valence electrons. The van der Waals surface area contributed by atoms with E-state index in [2.05, 4.69) is 15.1 Å². The van der Waals surface area contributed by atoms with Crippen molar-refractivity contribution in [1.82, 2.24) is 14.7 Å². The monoisotopic (exact) mass is 584 g/mol. The third-order valence-corrected chi connectivity index (χ3v) is 7.95. The SMILES string of the molecule is CN(CCCCCCN1CCC(OC(=O)Nc2ccccc2-c2ccccc2)CC1)CCN(C=O)C(=O)c1ccccc1. The number of unbranched alkanes of at least 4 members (excludes halogenated alkanes) is 3. The van der Waals surface area contributed by atoms with Crippen molar-refractivity contribution in [1.29, 1.82) is 0 Å². The summed E-state index contributed by atoms with van der Waals surface area (Å²) >= 11 is 0. The van der Waals surface area contributed by atoms with Gasteiger partial charge < -0.3 is 14.5 Å². The lowest BCUT2D eigenvalue weighted by Gasteiger charge is -2.31. The van der Waals surface area contributed by atoms with Crippen molar-refractivity contribution in [3.63, 3.8) is 0 Å². The van der Waals surface area contributed by atoms with E-state index in [1.54, 1.807) is 24.3 Å². The van der Waals surface area contributed by atoms with Gasteiger partial charge >= 0.3 is 6.09 Å². The number of para-hydroxylation sites is 1. The second kappa shape index (κ2) is 17.2. The predicted octanol–water partition coefficient (Wildman–Crippen LogP) is 6.16. The molecule has 3 aromatic rings. The smallest absolute Gasteiger partial charge is 0.411 e. The van der Waals surface area contributed by atoms with E-state index in [-0.39, 0.29) is 12.0 Å². The lowest BCUT2D eigenvalue weighted by molar-refractivity contribution is -0.116. The Bertz CT molecular complexity index is 1280. The summed E-state index contributed by atoms with van der Waals surface area (Å²) in [4.78, 5) is 42.5. The summed E-state index contributed by atoms with van der Waals surface area (Å²) in [7, 11) is 2.03. The lowest BCUT2D eigenvalue weighted by Crippen LogP contribution is -2.38. The van der Waals surface area contributed by atoms with Crippen LogP contribution in [0.4, 0.5) is 10.5 Å². The number of nitrogens with zero attached hydrogens (tertiary/aromatic N) is 3. The minimum absolute atomic E-state index is 0.0613. The Hall–Kier alpha value is -4.01. The number of rotatable bonds is 15. The van der Waals surface area contributed by atoms with Crippen LogP contribution >= 0.6 is 0 Å². The predicted molar refractivity (Wildman–Crippen MR) is 171 cm³/mol. The summed E-state index contributed by atoms with van der Waals surface area (Å²) in [5.74, 6) is -0.257. The van der Waals surface area contributed by atoms with E-state index in [1.807, 2.05) is 67.7 Å². The van der Waals surface area contributed by atoms with Crippen LogP contribution in [-0.4, -0.2) is 85.5 Å². The maximum absolute atomic E-state index is 12.7. The molecule has 4 rings (SSSR count). The van der Waals surface area contributed by atoms with Gasteiger partial charge in [-0.3, -0.25) is 19.8 Å². The Morgan fingerprint density at radius 3 is 2.21 bits per heavy atom. The van der Waals surface area contributed by atoms with Crippen LogP contribution in [0.5, 0.6) is 0 Å². The number of imide groups is 1. The van der Waals surface area contributed by atoms with Gasteiger partial charge in [0.2, 0.25) is 6.41 Å². The van der Waals surface area contributed by atoms with Crippen molar-refractivity contribution >= 4 is 24.1 Å². The van der Waals surface area contributed by atoms with E-state index >= 15 is 0 Å². The molecule has 0 aliphatic carbocycles. The Kier molecular flexibility index (Phi) is 12.8. The molecule has 0 radical (unpaired) electrons. The van der Waals surface area contributed by atoms with Crippen LogP contribution in [0.2, 0.25) is 0 Å². The molecule has 0 aromatic heterocycles. The maximum Gasteiger partial charge on any atom is 0.411 e. The van der Waals surface area contributed by atoms with E-state index in [0.717, 1.165) is 75.1 Å². The third kappa shape index (κ3) is 10.3. The fourth-order valence-corrected chi connectivity index (χ4v) is 5.41. The number of carbonyl (C=O) groups is 3. The molecule has 3 aromatic carbocycles. The Morgan fingerprint density at radius 1 is 0.837 bits per heavy atom. The fraction of sp³-hybridized carbons (Fsp3) is 0.400. The van der Waals surface area contributed by atoms with Gasteiger partial charge in [0, 0.05) is 37.3 Å². The molecule has 8 heteroatoms. The topological polar surface area (TPSA) is 82.2 Å². The largest absolute Gasteiger partial charge is 0.446 e. The number of amides is 3. The van der Waals surface area contributed by atoms with Crippen molar-refractivity contribution < 1.29 is 19.1 Å². The van der Waals surface area contributed by atoms with Crippen molar-refractivity contribution in [3.8, 4) is 11.1 Å². The second-order valence-electron chi connectivity index (χ2n) is 11.2. The first-order chi connectivity index (χ1) is 21.0. The van der Waals surface area contributed by atoms with Gasteiger partial charge in [0.15, 0.2) is 0 Å². The Balaban J connectivity index is 1.05. The van der Waals surface area contributed by atoms with Gasteiger partial charge in [-0.1, -0.05) is 79.6 Å². The van der Waals surface area contributed by atoms with E-state index < -0.39 is 6.09 Å². The average Bonchev–Trinajstić information content (AvgIpc) is 3.04. The Morgan fingerprint density at radius 2 is 1.49 bits per heavy atom. The summed E-state index contributed by atoms with van der Waals surface area (Å²) in [5.41, 5.74) is 3.31. The number of piperidine rings is 1. The zero-order valence-corrected chi connectivity index (χ0v) is 25.2. The molecule has 1 heterocycles. The van der Waals surface area contributed by atoms with E-state index in [4.69, 9.17) is 4.74 Å². The summed E-state index contributed by atoms with van der Waals surface area (Å²) < 4.78 is 5.77. The number of hydrogen-bond acceptors (Lipinski definition) is 6. The number of hydrogen-bond donors (Lipinski definition) is 1. The molecule has 1 aliphatic heterocycles. The van der Waals surface area contributed by atoms with Crippen LogP contribution in [0.3, 0.4) is 0 Å². The standard InChI is InChI=1S/C35H44N4O4/c1-37(26-27-39(28-40)34(41)30-16-8-5-9-17-30)22-12-2-3-13-23-38-24-20-31(21-25-38)43-35(42)36-33-19-11-10-18-32(33)29-14-6-4-7-15-29/h4-11,14-19,28,31H,2-3,12-13,20-27H2,1H3,(H,36,42). The minimum atomic E-state index is -0.395. The van der Waals surface area contributed by atoms with Gasteiger partial charge in [0.25, 0.3) is 5.91 Å². The second-order valence-corrected chi connectivity index (χ2v) is 11.2. The molecule has 8 nitrogen and oxygen atoms in total. The highest BCUT2D eigenvalue weighted by molar-refractivity contribution is 5.99. The molecule has 0 atom stereocenters. The zero-order valence-electron chi connectivity index (χ0n) is 25.2. The number of benzene rings is 3. The number of carbonyl (C=O) groups excluding carboxylic acids is 3. The molecule has 43 heavy (non-hydrogen) atoms. The quantitative estimate of drug-likeness (QED) is 0.170. The van der Waals surface area contributed by atoms with Gasteiger partial charge in [-0.2, -0.15) is 0 Å². The van der Waals surface area contributed by atoms with Crippen LogP contribution in [-0.2, 0) is 9.53 Å². The number of likely N-dealkylation sites (tertiary alicyclic amines) is 1. The number of anilines is 1. The highest BCUT2D eigenvalue weighted by atomic mass is 16.6. The van der Waals surface area contributed by atoms with E-state index in [1.165, 1.54) is 11.3 Å². The van der Waals surface area contributed by atoms with Crippen molar-refractivity contribution in [2.24, 2.45) is 0 Å². The van der Waals surface area contributed by atoms with Crippen LogP contribution in [0.25, 0.3) is 11.1 Å². The first-order valence-electron chi connectivity index (χ1n) is 15.4. The third-order valence-electron chi connectivity index (χ3n) is 7.95. The summed E-state index contributed by atoms with van der Waals surface area (Å²) in [6.45, 7) is 4.93. The van der Waals surface area contributed by atoms with Gasteiger partial charge in [-0.05, 0) is 69.6 Å². The van der Waals surface area contributed by atoms with Crippen LogP contribution < -0.4 is 5.32 Å². The van der Waals surface area contributed by atoms with Crippen molar-refractivity contribution in [2.75, 3.05) is 51.6 Å². The highest BCUT2D eigenvalue weighted by Crippen LogP contribution is 2.28. The normalized spacial score (nSPS) is 13.9. The van der Waals surface area contributed by atoms with Gasteiger partial charge in [-0.25, -0.2) is 4.79 Å². The first-order valence-corrected chi connectivity index (χ1v) is 15.4. The molecule has 0 unspecified atom stereocenters. The maximum atomic E-state index is 12.7. The molecule has 1 fully saturated rings. The Labute approximate surface area is 255 Å². The van der Waals surface area contributed by atoms with Crippen molar-refractivity contribution in [3.05, 3.63) is 90.5 Å².